The van der Waals surface area contributed by atoms with Gasteiger partial charge in [0.2, 0.25) is 8.53 Å². The van der Waals surface area contributed by atoms with E-state index in [0.717, 1.165) is 4.57 Å². The Kier molecular flexibility index (Phi) is 8.03. The third-order valence-electron chi connectivity index (χ3n) is 3.07. The van der Waals surface area contributed by atoms with Crippen LogP contribution in [0.3, 0.4) is 0 Å². The number of phosphoric acid groups is 1. The second-order valence-electron chi connectivity index (χ2n) is 5.02. The van der Waals surface area contributed by atoms with Crippen LogP contribution in [0.5, 0.6) is 0 Å². The third kappa shape index (κ3) is 7.42. The van der Waals surface area contributed by atoms with E-state index in [9.17, 15) is 19.3 Å². The molecular formula is C10H19N3O10P2. The van der Waals surface area contributed by atoms with Gasteiger partial charge in [-0.25, -0.2) is 9.36 Å². The predicted molar refractivity (Wildman–Crippen MR) is 84.1 cm³/mol. The molecule has 144 valence electrons. The molecule has 2 heterocycles. The van der Waals surface area contributed by atoms with Gasteiger partial charge in [-0.1, -0.05) is 0 Å². The molecule has 0 saturated carbocycles. The van der Waals surface area contributed by atoms with Crippen molar-refractivity contribution in [2.75, 3.05) is 6.61 Å². The van der Waals surface area contributed by atoms with Crippen LogP contribution in [-0.4, -0.2) is 53.0 Å². The minimum atomic E-state index is -4.67. The number of aromatic nitrogens is 2. The zero-order chi connectivity index (χ0) is 19.4. The van der Waals surface area contributed by atoms with Crippen molar-refractivity contribution in [3.8, 4) is 0 Å². The summed E-state index contributed by atoms with van der Waals surface area (Å²) in [4.78, 5) is 57.2. The lowest BCUT2D eigenvalue weighted by molar-refractivity contribution is -0.0451. The zero-order valence-electron chi connectivity index (χ0n) is 12.9. The van der Waals surface area contributed by atoms with Crippen molar-refractivity contribution in [3.05, 3.63) is 32.6 Å². The number of aliphatic hydroxyl groups excluding tert-OH is 1. The Balaban J connectivity index is 0.000000705. The minimum absolute atomic E-state index is 0.0283. The second-order valence-corrected chi connectivity index (χ2v) is 6.90. The molecule has 2 rings (SSSR count). The molecule has 0 unspecified atom stereocenters. The molecule has 15 heteroatoms. The monoisotopic (exact) mass is 403 g/mol. The van der Waals surface area contributed by atoms with E-state index in [1.807, 2.05) is 0 Å². The first-order valence-electron chi connectivity index (χ1n) is 6.69. The maximum absolute atomic E-state index is 11.7. The van der Waals surface area contributed by atoms with Crippen LogP contribution in [0.2, 0.25) is 0 Å². The average Bonchev–Trinajstić information content (AvgIpc) is 2.80. The van der Waals surface area contributed by atoms with E-state index < -0.39 is 52.6 Å². The summed E-state index contributed by atoms with van der Waals surface area (Å²) < 4.78 is 21.4. The maximum atomic E-state index is 11.7. The number of ether oxygens (including phenoxy) is 1. The SMILES string of the molecule is Cc1cn([C@H]2C[C@H](O)[C@@H](COP(=O)(O)O)O2)c(=O)[nH]c1=O.NP(O)O. The molecule has 3 atom stereocenters. The number of nitrogens with two attached hydrogens (primary N) is 1. The van der Waals surface area contributed by atoms with Gasteiger partial charge in [-0.3, -0.25) is 24.4 Å². The summed E-state index contributed by atoms with van der Waals surface area (Å²) in [6, 6.07) is 0. The van der Waals surface area contributed by atoms with E-state index in [0.29, 0.717) is 5.56 Å². The number of hydrogen-bond donors (Lipinski definition) is 7. The average molecular weight is 403 g/mol. The molecule has 0 radical (unpaired) electrons. The quantitative estimate of drug-likeness (QED) is 0.267. The Labute approximate surface area is 141 Å². The van der Waals surface area contributed by atoms with Gasteiger partial charge in [-0.15, -0.1) is 0 Å². The van der Waals surface area contributed by atoms with E-state index in [2.05, 4.69) is 15.0 Å². The van der Waals surface area contributed by atoms with Gasteiger partial charge in [-0.05, 0) is 6.92 Å². The number of hydrogen-bond acceptors (Lipinski definition) is 9. The van der Waals surface area contributed by atoms with Crippen LogP contribution in [-0.2, 0) is 13.8 Å². The summed E-state index contributed by atoms with van der Waals surface area (Å²) in [5, 5.41) is 9.79. The molecule has 1 saturated heterocycles. The molecule has 0 spiro atoms. The zero-order valence-corrected chi connectivity index (χ0v) is 14.7. The summed E-state index contributed by atoms with van der Waals surface area (Å²) in [5.74, 6) is 0. The van der Waals surface area contributed by atoms with Crippen molar-refractivity contribution in [2.45, 2.75) is 31.8 Å². The number of aromatic amines is 1. The molecule has 8 N–H and O–H groups in total. The smallest absolute Gasteiger partial charge is 0.390 e. The molecule has 0 aliphatic carbocycles. The molecule has 0 aromatic carbocycles. The number of nitrogens with one attached hydrogen (secondary N) is 1. The van der Waals surface area contributed by atoms with Gasteiger partial charge < -0.3 is 29.4 Å². The lowest BCUT2D eigenvalue weighted by atomic mass is 10.2. The van der Waals surface area contributed by atoms with Crippen LogP contribution in [0.1, 0.15) is 18.2 Å². The summed E-state index contributed by atoms with van der Waals surface area (Å²) in [7, 11) is -6.79. The Morgan fingerprint density at radius 3 is 2.56 bits per heavy atom. The summed E-state index contributed by atoms with van der Waals surface area (Å²) in [6.07, 6.45) is -1.57. The minimum Gasteiger partial charge on any atom is -0.390 e. The van der Waals surface area contributed by atoms with Crippen LogP contribution >= 0.6 is 16.3 Å². The first kappa shape index (κ1) is 22.1. The van der Waals surface area contributed by atoms with Gasteiger partial charge in [0.25, 0.3) is 5.56 Å². The highest BCUT2D eigenvalue weighted by Crippen LogP contribution is 2.38. The van der Waals surface area contributed by atoms with E-state index in [4.69, 9.17) is 24.3 Å². The van der Waals surface area contributed by atoms with Gasteiger partial charge in [0, 0.05) is 18.2 Å². The lowest BCUT2D eigenvalue weighted by Crippen LogP contribution is -2.33. The summed E-state index contributed by atoms with van der Waals surface area (Å²) in [6.45, 7) is 0.994. The normalized spacial score (nSPS) is 23.4. The Bertz CT molecular complexity index is 726. The highest BCUT2D eigenvalue weighted by atomic mass is 31.2. The standard InChI is InChI=1S/C10H15N2O8P.H4NO2P/c1-5-3-12(10(15)11-9(5)14)8-2-6(13)7(20-8)4-19-21(16,17)18;1-4(2)3/h3,6-8,13H,2,4H2,1H3,(H,11,14,15)(H2,16,17,18);2-3H,1H2/t6-,7+,8+;/m0./s1. The van der Waals surface area contributed by atoms with Crippen LogP contribution < -0.4 is 16.8 Å². The highest BCUT2D eigenvalue weighted by molar-refractivity contribution is 7.46. The molecule has 13 nitrogen and oxygen atoms in total. The van der Waals surface area contributed by atoms with Crippen molar-refractivity contribution >= 4 is 16.3 Å². The molecule has 1 aromatic rings. The van der Waals surface area contributed by atoms with Crippen molar-refractivity contribution in [3.63, 3.8) is 0 Å². The number of aliphatic hydroxyl groups is 1. The summed E-state index contributed by atoms with van der Waals surface area (Å²) >= 11 is 0. The van der Waals surface area contributed by atoms with Crippen molar-refractivity contribution in [1.82, 2.24) is 9.55 Å². The third-order valence-corrected chi connectivity index (χ3v) is 3.55. The van der Waals surface area contributed by atoms with Crippen LogP contribution in [0.25, 0.3) is 0 Å². The molecule has 25 heavy (non-hydrogen) atoms. The van der Waals surface area contributed by atoms with Crippen LogP contribution in [0, 0.1) is 6.92 Å². The number of rotatable bonds is 4. The number of H-pyrrole nitrogens is 1. The van der Waals surface area contributed by atoms with Crippen LogP contribution in [0.4, 0.5) is 0 Å². The van der Waals surface area contributed by atoms with E-state index in [1.165, 1.54) is 13.1 Å². The number of aryl methyl sites for hydroxylation is 1. The first-order chi connectivity index (χ1) is 11.4. The Morgan fingerprint density at radius 1 is 1.48 bits per heavy atom. The largest absolute Gasteiger partial charge is 0.469 e. The molecule has 1 aromatic heterocycles. The Morgan fingerprint density at radius 2 is 2.04 bits per heavy atom. The van der Waals surface area contributed by atoms with Crippen molar-refractivity contribution < 1.29 is 38.5 Å². The predicted octanol–water partition coefficient (Wildman–Crippen LogP) is -2.24. The molecule has 0 bridgehead atoms. The molecule has 1 aliphatic rings. The second kappa shape index (κ2) is 9.10. The van der Waals surface area contributed by atoms with Gasteiger partial charge in [0.05, 0.1) is 12.7 Å². The molecule has 1 aliphatic heterocycles. The number of nitrogens with zero attached hydrogens (tertiary/aromatic N) is 1. The topological polar surface area (TPSA) is 218 Å². The Hall–Kier alpha value is -0.980. The van der Waals surface area contributed by atoms with Crippen LogP contribution in [0.15, 0.2) is 15.8 Å². The highest BCUT2D eigenvalue weighted by Gasteiger charge is 2.37. The molecule has 0 amide bonds. The number of phosphoric ester groups is 1. The van der Waals surface area contributed by atoms with Crippen molar-refractivity contribution in [1.29, 1.82) is 0 Å². The fraction of sp³-hybridized carbons (Fsp3) is 0.600. The van der Waals surface area contributed by atoms with Gasteiger partial charge >= 0.3 is 13.5 Å². The first-order valence-corrected chi connectivity index (χ1v) is 9.53. The van der Waals surface area contributed by atoms with E-state index >= 15 is 0 Å². The van der Waals surface area contributed by atoms with Gasteiger partial charge in [-0.2, -0.15) is 0 Å². The lowest BCUT2D eigenvalue weighted by Gasteiger charge is -2.16. The molecular weight excluding hydrogens is 384 g/mol. The fourth-order valence-corrected chi connectivity index (χ4v) is 2.35. The molecule has 1 fully saturated rings. The van der Waals surface area contributed by atoms with Crippen molar-refractivity contribution in [2.24, 2.45) is 5.50 Å². The van der Waals surface area contributed by atoms with Gasteiger partial charge in [0.15, 0.2) is 0 Å². The van der Waals surface area contributed by atoms with E-state index in [-0.39, 0.29) is 6.42 Å². The maximum Gasteiger partial charge on any atom is 0.469 e. The van der Waals surface area contributed by atoms with Gasteiger partial charge in [0.1, 0.15) is 12.3 Å². The summed E-state index contributed by atoms with van der Waals surface area (Å²) in [5.41, 5.74) is 3.37. The fourth-order valence-electron chi connectivity index (χ4n) is 2.01. The van der Waals surface area contributed by atoms with E-state index in [1.54, 1.807) is 0 Å².